The van der Waals surface area contributed by atoms with Gasteiger partial charge in [0.05, 0.1) is 0 Å². The molecule has 20 heavy (non-hydrogen) atoms. The van der Waals surface area contributed by atoms with Crippen molar-refractivity contribution in [2.45, 2.75) is 39.7 Å². The van der Waals surface area contributed by atoms with Gasteiger partial charge in [0.15, 0.2) is 0 Å². The van der Waals surface area contributed by atoms with Gasteiger partial charge in [-0.2, -0.15) is 0 Å². The molecule has 0 saturated carbocycles. The number of hydrogen-bond donors (Lipinski definition) is 1. The summed E-state index contributed by atoms with van der Waals surface area (Å²) in [6.45, 7) is 9.68. The Morgan fingerprint density at radius 1 is 1.30 bits per heavy atom. The van der Waals surface area contributed by atoms with Crippen molar-refractivity contribution in [2.75, 3.05) is 26.2 Å². The Labute approximate surface area is 122 Å². The summed E-state index contributed by atoms with van der Waals surface area (Å²) in [6, 6.07) is 6.17. The smallest absolute Gasteiger partial charge is 0.122 e. The zero-order valence-electron chi connectivity index (χ0n) is 12.9. The van der Waals surface area contributed by atoms with Crippen LogP contribution in [0.5, 0.6) is 5.75 Å². The van der Waals surface area contributed by atoms with E-state index in [1.165, 1.54) is 18.4 Å². The van der Waals surface area contributed by atoms with Gasteiger partial charge in [0.25, 0.3) is 0 Å². The predicted molar refractivity (Wildman–Crippen MR) is 82.3 cm³/mol. The van der Waals surface area contributed by atoms with Gasteiger partial charge >= 0.3 is 0 Å². The van der Waals surface area contributed by atoms with E-state index in [0.717, 1.165) is 36.9 Å². The lowest BCUT2D eigenvalue weighted by atomic mass is 9.99. The third-order valence-corrected chi connectivity index (χ3v) is 4.12. The predicted octanol–water partition coefficient (Wildman–Crippen LogP) is 2.78. The van der Waals surface area contributed by atoms with E-state index in [4.69, 9.17) is 4.74 Å². The van der Waals surface area contributed by atoms with Crippen molar-refractivity contribution in [3.63, 3.8) is 0 Å². The van der Waals surface area contributed by atoms with Crippen molar-refractivity contribution in [2.24, 2.45) is 5.92 Å². The number of aliphatic hydroxyl groups excluding tert-OH is 1. The normalized spacial score (nSPS) is 19.0. The fourth-order valence-electron chi connectivity index (χ4n) is 2.64. The van der Waals surface area contributed by atoms with Crippen LogP contribution in [0.4, 0.5) is 0 Å². The first-order valence-corrected chi connectivity index (χ1v) is 7.65. The van der Waals surface area contributed by atoms with Crippen LogP contribution in [0.3, 0.4) is 0 Å². The first-order valence-electron chi connectivity index (χ1n) is 7.65. The first kappa shape index (κ1) is 15.3. The van der Waals surface area contributed by atoms with Gasteiger partial charge in [-0.3, -0.25) is 0 Å². The largest absolute Gasteiger partial charge is 0.491 e. The van der Waals surface area contributed by atoms with Gasteiger partial charge in [-0.25, -0.2) is 0 Å². The van der Waals surface area contributed by atoms with Crippen LogP contribution in [-0.2, 0) is 0 Å². The van der Waals surface area contributed by atoms with Gasteiger partial charge in [-0.15, -0.1) is 0 Å². The molecule has 0 bridgehead atoms. The molecular weight excluding hydrogens is 250 g/mol. The summed E-state index contributed by atoms with van der Waals surface area (Å²) in [6.07, 6.45) is 2.07. The standard InChI is InChI=1S/C17H27NO2/c1-13-6-8-18(9-7-13)11-16(19)12-20-17-10-14(2)4-5-15(17)3/h4-5,10,13,16,19H,6-9,11-12H2,1-3H3/t16-/m1/s1. The number of rotatable bonds is 5. The molecule has 1 aromatic rings. The molecule has 3 heteroatoms. The number of aryl methyl sites for hydroxylation is 2. The van der Waals surface area contributed by atoms with E-state index in [9.17, 15) is 5.11 Å². The molecular formula is C17H27NO2. The highest BCUT2D eigenvalue weighted by molar-refractivity contribution is 5.35. The van der Waals surface area contributed by atoms with Gasteiger partial charge in [-0.05, 0) is 62.9 Å². The number of likely N-dealkylation sites (tertiary alicyclic amines) is 1. The Hall–Kier alpha value is -1.06. The van der Waals surface area contributed by atoms with Gasteiger partial charge in [0.1, 0.15) is 18.5 Å². The van der Waals surface area contributed by atoms with Gasteiger partial charge in [0, 0.05) is 6.54 Å². The lowest BCUT2D eigenvalue weighted by molar-refractivity contribution is 0.0561. The Morgan fingerprint density at radius 3 is 2.70 bits per heavy atom. The molecule has 1 fully saturated rings. The molecule has 1 saturated heterocycles. The number of aliphatic hydroxyl groups is 1. The maximum absolute atomic E-state index is 10.1. The maximum Gasteiger partial charge on any atom is 0.122 e. The second kappa shape index (κ2) is 7.09. The molecule has 1 aromatic carbocycles. The summed E-state index contributed by atoms with van der Waals surface area (Å²) in [5, 5.41) is 10.1. The molecule has 3 nitrogen and oxygen atoms in total. The molecule has 1 N–H and O–H groups in total. The Bertz CT molecular complexity index is 425. The fraction of sp³-hybridized carbons (Fsp3) is 0.647. The second-order valence-corrected chi connectivity index (χ2v) is 6.22. The molecule has 1 aliphatic heterocycles. The second-order valence-electron chi connectivity index (χ2n) is 6.22. The number of hydrogen-bond acceptors (Lipinski definition) is 3. The van der Waals surface area contributed by atoms with E-state index in [-0.39, 0.29) is 0 Å². The Balaban J connectivity index is 1.77. The molecule has 0 unspecified atom stereocenters. The van der Waals surface area contributed by atoms with Crippen LogP contribution in [0, 0.1) is 19.8 Å². The summed E-state index contributed by atoms with van der Waals surface area (Å²) in [5.41, 5.74) is 2.31. The topological polar surface area (TPSA) is 32.7 Å². The minimum atomic E-state index is -0.414. The zero-order valence-corrected chi connectivity index (χ0v) is 12.9. The van der Waals surface area contributed by atoms with Crippen molar-refractivity contribution in [1.82, 2.24) is 4.90 Å². The van der Waals surface area contributed by atoms with Crippen molar-refractivity contribution < 1.29 is 9.84 Å². The lowest BCUT2D eigenvalue weighted by Gasteiger charge is -2.31. The monoisotopic (exact) mass is 277 g/mol. The molecule has 0 amide bonds. The minimum absolute atomic E-state index is 0.371. The van der Waals surface area contributed by atoms with Crippen molar-refractivity contribution in [3.8, 4) is 5.75 Å². The van der Waals surface area contributed by atoms with Crippen LogP contribution in [-0.4, -0.2) is 42.4 Å². The molecule has 112 valence electrons. The van der Waals surface area contributed by atoms with E-state index in [0.29, 0.717) is 6.61 Å². The van der Waals surface area contributed by atoms with Crippen LogP contribution in [0.15, 0.2) is 18.2 Å². The summed E-state index contributed by atoms with van der Waals surface area (Å²) < 4.78 is 5.77. The molecule has 2 rings (SSSR count). The highest BCUT2D eigenvalue weighted by atomic mass is 16.5. The molecule has 0 radical (unpaired) electrons. The summed E-state index contributed by atoms with van der Waals surface area (Å²) in [7, 11) is 0. The average Bonchev–Trinajstić information content (AvgIpc) is 2.42. The Morgan fingerprint density at radius 2 is 2.00 bits per heavy atom. The van der Waals surface area contributed by atoms with E-state index in [1.807, 2.05) is 13.0 Å². The van der Waals surface area contributed by atoms with E-state index in [2.05, 4.69) is 30.9 Å². The molecule has 0 aliphatic carbocycles. The highest BCUT2D eigenvalue weighted by Gasteiger charge is 2.18. The number of benzene rings is 1. The molecule has 1 atom stereocenters. The number of nitrogens with zero attached hydrogens (tertiary/aromatic N) is 1. The van der Waals surface area contributed by atoms with E-state index < -0.39 is 6.10 Å². The summed E-state index contributed by atoms with van der Waals surface area (Å²) >= 11 is 0. The van der Waals surface area contributed by atoms with Crippen LogP contribution >= 0.6 is 0 Å². The third kappa shape index (κ3) is 4.50. The van der Waals surface area contributed by atoms with E-state index in [1.54, 1.807) is 0 Å². The minimum Gasteiger partial charge on any atom is -0.491 e. The molecule has 0 aromatic heterocycles. The highest BCUT2D eigenvalue weighted by Crippen LogP contribution is 2.20. The average molecular weight is 277 g/mol. The van der Waals surface area contributed by atoms with Crippen LogP contribution in [0.25, 0.3) is 0 Å². The van der Waals surface area contributed by atoms with Crippen molar-refractivity contribution in [3.05, 3.63) is 29.3 Å². The van der Waals surface area contributed by atoms with Gasteiger partial charge in [-0.1, -0.05) is 19.1 Å². The quantitative estimate of drug-likeness (QED) is 0.898. The third-order valence-electron chi connectivity index (χ3n) is 4.12. The Kier molecular flexibility index (Phi) is 5.44. The fourth-order valence-corrected chi connectivity index (χ4v) is 2.64. The molecule has 1 aliphatic rings. The van der Waals surface area contributed by atoms with Crippen molar-refractivity contribution >= 4 is 0 Å². The molecule has 1 heterocycles. The molecule has 0 spiro atoms. The van der Waals surface area contributed by atoms with Crippen LogP contribution < -0.4 is 4.74 Å². The lowest BCUT2D eigenvalue weighted by Crippen LogP contribution is -2.40. The number of ether oxygens (including phenoxy) is 1. The maximum atomic E-state index is 10.1. The number of piperidine rings is 1. The number of β-amino-alcohol motifs (C(OH)–C–C–N with tert-alkyl or cyclic N) is 1. The van der Waals surface area contributed by atoms with Crippen molar-refractivity contribution in [1.29, 1.82) is 0 Å². The summed E-state index contributed by atoms with van der Waals surface area (Å²) in [5.74, 6) is 1.71. The summed E-state index contributed by atoms with van der Waals surface area (Å²) in [4.78, 5) is 2.34. The van der Waals surface area contributed by atoms with Gasteiger partial charge in [0.2, 0.25) is 0 Å². The first-order chi connectivity index (χ1) is 9.54. The van der Waals surface area contributed by atoms with Gasteiger partial charge < -0.3 is 14.7 Å². The SMILES string of the molecule is Cc1ccc(C)c(OC[C@H](O)CN2CCC(C)CC2)c1. The van der Waals surface area contributed by atoms with E-state index >= 15 is 0 Å². The zero-order chi connectivity index (χ0) is 14.5. The van der Waals surface area contributed by atoms with Crippen LogP contribution in [0.1, 0.15) is 30.9 Å². The van der Waals surface area contributed by atoms with Crippen LogP contribution in [0.2, 0.25) is 0 Å².